The zero-order chi connectivity index (χ0) is 11.9. The van der Waals surface area contributed by atoms with E-state index in [1.807, 2.05) is 0 Å². The van der Waals surface area contributed by atoms with E-state index in [2.05, 4.69) is 15.3 Å². The molecule has 1 spiro atoms. The first-order valence-electron chi connectivity index (χ1n) is 5.75. The maximum atomic E-state index is 13.5. The third kappa shape index (κ3) is 2.35. The lowest BCUT2D eigenvalue weighted by molar-refractivity contribution is 0.226. The highest BCUT2D eigenvalue weighted by atomic mass is 35.5. The van der Waals surface area contributed by atoms with Crippen molar-refractivity contribution < 1.29 is 9.13 Å². The molecule has 0 amide bonds. The van der Waals surface area contributed by atoms with Gasteiger partial charge in [-0.15, -0.1) is 0 Å². The minimum Gasteiger partial charge on any atom is -0.370 e. The Morgan fingerprint density at radius 2 is 2.41 bits per heavy atom. The van der Waals surface area contributed by atoms with Gasteiger partial charge in [0.05, 0.1) is 18.4 Å². The maximum Gasteiger partial charge on any atom is 0.224 e. The summed E-state index contributed by atoms with van der Waals surface area (Å²) >= 11 is 5.65. The molecule has 2 atom stereocenters. The molecule has 6 heteroatoms. The quantitative estimate of drug-likeness (QED) is 0.653. The van der Waals surface area contributed by atoms with Crippen LogP contribution in [0.1, 0.15) is 25.7 Å². The molecular formula is C11H13ClFN3O. The Labute approximate surface area is 104 Å². The van der Waals surface area contributed by atoms with Crippen molar-refractivity contribution >= 4 is 17.4 Å². The van der Waals surface area contributed by atoms with Crippen LogP contribution in [-0.2, 0) is 4.74 Å². The van der Waals surface area contributed by atoms with Crippen LogP contribution in [0.4, 0.5) is 10.2 Å². The Balaban J connectivity index is 1.71. The fourth-order valence-corrected chi connectivity index (χ4v) is 2.58. The Hall–Kier alpha value is -0.940. The van der Waals surface area contributed by atoms with E-state index in [1.165, 1.54) is 0 Å². The highest BCUT2D eigenvalue weighted by Gasteiger charge is 2.48. The zero-order valence-corrected chi connectivity index (χ0v) is 10.0. The van der Waals surface area contributed by atoms with Gasteiger partial charge in [0, 0.05) is 6.04 Å². The maximum absolute atomic E-state index is 13.5. The highest BCUT2D eigenvalue weighted by Crippen LogP contribution is 2.42. The summed E-state index contributed by atoms with van der Waals surface area (Å²) in [5.74, 6) is -0.279. The lowest BCUT2D eigenvalue weighted by atomic mass is 9.86. The third-order valence-electron chi connectivity index (χ3n) is 3.41. The van der Waals surface area contributed by atoms with Gasteiger partial charge in [0.15, 0.2) is 11.6 Å². The first-order valence-corrected chi connectivity index (χ1v) is 6.13. The van der Waals surface area contributed by atoms with Gasteiger partial charge in [-0.05, 0) is 37.3 Å². The number of hydrogen-bond acceptors (Lipinski definition) is 4. The van der Waals surface area contributed by atoms with Gasteiger partial charge in [0.25, 0.3) is 0 Å². The Morgan fingerprint density at radius 3 is 3.18 bits per heavy atom. The molecule has 2 unspecified atom stereocenters. The van der Waals surface area contributed by atoms with E-state index >= 15 is 0 Å². The van der Waals surface area contributed by atoms with Crippen molar-refractivity contribution in [2.24, 2.45) is 0 Å². The van der Waals surface area contributed by atoms with Crippen molar-refractivity contribution in [3.63, 3.8) is 0 Å². The molecule has 17 heavy (non-hydrogen) atoms. The van der Waals surface area contributed by atoms with Crippen LogP contribution in [0.2, 0.25) is 5.28 Å². The van der Waals surface area contributed by atoms with Gasteiger partial charge < -0.3 is 10.1 Å². The predicted molar refractivity (Wildman–Crippen MR) is 61.6 cm³/mol. The number of anilines is 1. The van der Waals surface area contributed by atoms with Crippen LogP contribution in [0.25, 0.3) is 0 Å². The van der Waals surface area contributed by atoms with Crippen LogP contribution in [-0.4, -0.2) is 28.2 Å². The lowest BCUT2D eigenvalue weighted by Gasteiger charge is -2.28. The molecule has 1 aliphatic heterocycles. The standard InChI is InChI=1S/C11H13ClFN3O/c12-10-14-5-8(13)9(16-10)15-7-2-1-3-11(4-7)6-17-11/h5,7H,1-4,6H2,(H,14,15,16). The topological polar surface area (TPSA) is 50.3 Å². The number of epoxide rings is 1. The number of halogens is 2. The fraction of sp³-hybridized carbons (Fsp3) is 0.636. The van der Waals surface area contributed by atoms with Gasteiger partial charge in [-0.1, -0.05) is 0 Å². The second-order valence-corrected chi connectivity index (χ2v) is 5.08. The molecule has 2 fully saturated rings. The van der Waals surface area contributed by atoms with Crippen molar-refractivity contribution in [2.45, 2.75) is 37.3 Å². The molecule has 1 aromatic rings. The molecule has 92 valence electrons. The van der Waals surface area contributed by atoms with Gasteiger partial charge in [-0.3, -0.25) is 0 Å². The van der Waals surface area contributed by atoms with Crippen LogP contribution in [0, 0.1) is 5.82 Å². The van der Waals surface area contributed by atoms with E-state index in [4.69, 9.17) is 16.3 Å². The van der Waals surface area contributed by atoms with E-state index in [0.29, 0.717) is 0 Å². The van der Waals surface area contributed by atoms with E-state index in [9.17, 15) is 4.39 Å². The smallest absolute Gasteiger partial charge is 0.224 e. The molecule has 2 heterocycles. The van der Waals surface area contributed by atoms with Crippen LogP contribution >= 0.6 is 11.6 Å². The van der Waals surface area contributed by atoms with Crippen LogP contribution in [0.5, 0.6) is 0 Å². The van der Waals surface area contributed by atoms with Gasteiger partial charge in [-0.25, -0.2) is 9.37 Å². The summed E-state index contributed by atoms with van der Waals surface area (Å²) in [6.45, 7) is 0.832. The van der Waals surface area contributed by atoms with Crippen LogP contribution < -0.4 is 5.32 Å². The Bertz CT molecular complexity index is 439. The van der Waals surface area contributed by atoms with Crippen LogP contribution in [0.3, 0.4) is 0 Å². The molecule has 2 aliphatic rings. The van der Waals surface area contributed by atoms with Gasteiger partial charge >= 0.3 is 0 Å². The average molecular weight is 258 g/mol. The summed E-state index contributed by atoms with van der Waals surface area (Å²) < 4.78 is 18.9. The van der Waals surface area contributed by atoms with Gasteiger partial charge in [0.1, 0.15) is 0 Å². The zero-order valence-electron chi connectivity index (χ0n) is 9.25. The summed E-state index contributed by atoms with van der Waals surface area (Å²) in [4.78, 5) is 7.45. The van der Waals surface area contributed by atoms with E-state index in [1.54, 1.807) is 0 Å². The van der Waals surface area contributed by atoms with Crippen molar-refractivity contribution in [2.75, 3.05) is 11.9 Å². The minimum atomic E-state index is -0.467. The molecule has 1 aliphatic carbocycles. The second kappa shape index (κ2) is 4.07. The summed E-state index contributed by atoms with van der Waals surface area (Å²) in [6, 6.07) is 0.201. The normalized spacial score (nSPS) is 31.5. The molecule has 1 saturated carbocycles. The second-order valence-electron chi connectivity index (χ2n) is 4.74. The largest absolute Gasteiger partial charge is 0.370 e. The van der Waals surface area contributed by atoms with Gasteiger partial charge in [-0.2, -0.15) is 4.98 Å². The molecule has 0 aromatic carbocycles. The molecule has 1 N–H and O–H groups in total. The predicted octanol–water partition coefficient (Wildman–Crippen LogP) is 2.39. The number of hydrogen-bond donors (Lipinski definition) is 1. The number of rotatable bonds is 2. The number of nitrogens with zero attached hydrogens (tertiary/aromatic N) is 2. The summed E-state index contributed by atoms with van der Waals surface area (Å²) in [7, 11) is 0. The third-order valence-corrected chi connectivity index (χ3v) is 3.59. The highest BCUT2D eigenvalue weighted by molar-refractivity contribution is 6.28. The molecule has 4 nitrogen and oxygen atoms in total. The molecule has 0 bridgehead atoms. The molecule has 0 radical (unpaired) electrons. The molecule has 1 aromatic heterocycles. The fourth-order valence-electron chi connectivity index (χ4n) is 2.45. The van der Waals surface area contributed by atoms with E-state index in [-0.39, 0.29) is 22.7 Å². The number of aromatic nitrogens is 2. The van der Waals surface area contributed by atoms with Crippen molar-refractivity contribution in [3.8, 4) is 0 Å². The summed E-state index contributed by atoms with van der Waals surface area (Å²) in [6.07, 6.45) is 5.21. The number of nitrogens with one attached hydrogen (secondary N) is 1. The van der Waals surface area contributed by atoms with Crippen LogP contribution in [0.15, 0.2) is 6.20 Å². The average Bonchev–Trinajstić information content (AvgIpc) is 3.03. The Morgan fingerprint density at radius 1 is 1.59 bits per heavy atom. The van der Waals surface area contributed by atoms with Crippen molar-refractivity contribution in [1.82, 2.24) is 9.97 Å². The monoisotopic (exact) mass is 257 g/mol. The van der Waals surface area contributed by atoms with Crippen molar-refractivity contribution in [3.05, 3.63) is 17.3 Å². The van der Waals surface area contributed by atoms with E-state index < -0.39 is 5.82 Å². The SMILES string of the molecule is Fc1cnc(Cl)nc1NC1CCCC2(CO2)C1. The summed E-state index contributed by atoms with van der Waals surface area (Å²) in [5, 5.41) is 3.15. The minimum absolute atomic E-state index is 0.0575. The van der Waals surface area contributed by atoms with E-state index in [0.717, 1.165) is 38.5 Å². The van der Waals surface area contributed by atoms with Crippen molar-refractivity contribution in [1.29, 1.82) is 0 Å². The number of ether oxygens (including phenoxy) is 1. The Kier molecular flexibility index (Phi) is 2.67. The summed E-state index contributed by atoms with van der Waals surface area (Å²) in [5.41, 5.74) is 0.0587. The molecular weight excluding hydrogens is 245 g/mol. The first kappa shape index (κ1) is 11.2. The molecule has 1 saturated heterocycles. The molecule has 3 rings (SSSR count). The first-order chi connectivity index (χ1) is 8.17. The van der Waals surface area contributed by atoms with Gasteiger partial charge in [0.2, 0.25) is 5.28 Å². The lowest BCUT2D eigenvalue weighted by Crippen LogP contribution is -2.32.